The van der Waals surface area contributed by atoms with Gasteiger partial charge in [-0.2, -0.15) is 0 Å². The van der Waals surface area contributed by atoms with E-state index in [1.54, 1.807) is 0 Å². The molecule has 1 amide bonds. The normalized spacial score (nSPS) is 31.8. The maximum absolute atomic E-state index is 12.0. The average Bonchev–Trinajstić information content (AvgIpc) is 2.92. The number of carbonyl (C=O) groups is 1. The number of amides is 1. The van der Waals surface area contributed by atoms with E-state index in [1.807, 2.05) is 0 Å². The highest BCUT2D eigenvalue weighted by atomic mass is 16.1. The van der Waals surface area contributed by atoms with Gasteiger partial charge in [0.1, 0.15) is 0 Å². The van der Waals surface area contributed by atoms with Crippen molar-refractivity contribution in [3.05, 3.63) is 0 Å². The summed E-state index contributed by atoms with van der Waals surface area (Å²) in [6.45, 7) is 9.39. The quantitative estimate of drug-likeness (QED) is 0.758. The molecule has 0 bridgehead atoms. The molecule has 2 aliphatic rings. The third-order valence-electron chi connectivity index (χ3n) is 4.59. The second kappa shape index (κ2) is 4.36. The van der Waals surface area contributed by atoms with Crippen LogP contribution in [0, 0.1) is 23.2 Å². The lowest BCUT2D eigenvalue weighted by Crippen LogP contribution is -2.38. The van der Waals surface area contributed by atoms with Crippen LogP contribution in [0.2, 0.25) is 0 Å². The van der Waals surface area contributed by atoms with Crippen LogP contribution in [0.4, 0.5) is 0 Å². The van der Waals surface area contributed by atoms with Gasteiger partial charge in [-0.15, -0.1) is 0 Å². The predicted molar refractivity (Wildman–Crippen MR) is 65.0 cm³/mol. The molecule has 1 aliphatic heterocycles. The Morgan fingerprint density at radius 3 is 2.56 bits per heavy atom. The Morgan fingerprint density at radius 2 is 2.12 bits per heavy atom. The molecule has 0 unspecified atom stereocenters. The fraction of sp³-hybridized carbons (Fsp3) is 0.923. The number of hydrogen-bond donors (Lipinski definition) is 2. The number of hydrogen-bond acceptors (Lipinski definition) is 2. The van der Waals surface area contributed by atoms with Crippen molar-refractivity contribution in [2.24, 2.45) is 23.2 Å². The van der Waals surface area contributed by atoms with E-state index in [-0.39, 0.29) is 11.8 Å². The van der Waals surface area contributed by atoms with Crippen LogP contribution in [0.15, 0.2) is 0 Å². The minimum absolute atomic E-state index is 0.183. The highest BCUT2D eigenvalue weighted by Crippen LogP contribution is 2.51. The van der Waals surface area contributed by atoms with Crippen molar-refractivity contribution in [2.75, 3.05) is 19.6 Å². The van der Waals surface area contributed by atoms with Crippen LogP contribution in [-0.2, 0) is 4.79 Å². The van der Waals surface area contributed by atoms with Crippen LogP contribution >= 0.6 is 0 Å². The summed E-state index contributed by atoms with van der Waals surface area (Å²) in [6.07, 6.45) is 2.56. The third-order valence-corrected chi connectivity index (χ3v) is 4.59. The Balaban J connectivity index is 1.80. The summed E-state index contributed by atoms with van der Waals surface area (Å²) in [6, 6.07) is 0. The van der Waals surface area contributed by atoms with Crippen molar-refractivity contribution in [2.45, 2.75) is 33.6 Å². The van der Waals surface area contributed by atoms with Gasteiger partial charge in [0.25, 0.3) is 0 Å². The molecule has 1 saturated carbocycles. The van der Waals surface area contributed by atoms with Crippen molar-refractivity contribution >= 4 is 5.91 Å². The van der Waals surface area contributed by atoms with Gasteiger partial charge in [0.05, 0.1) is 5.92 Å². The molecule has 0 aromatic rings. The molecular formula is C13H24N2O. The number of carbonyl (C=O) groups excluding carboxylic acids is 1. The Hall–Kier alpha value is -0.570. The molecule has 16 heavy (non-hydrogen) atoms. The molecule has 0 radical (unpaired) electrons. The highest BCUT2D eigenvalue weighted by Gasteiger charge is 2.45. The van der Waals surface area contributed by atoms with E-state index in [4.69, 9.17) is 0 Å². The number of rotatable bonds is 4. The van der Waals surface area contributed by atoms with Crippen LogP contribution in [0.5, 0.6) is 0 Å². The topological polar surface area (TPSA) is 41.1 Å². The minimum atomic E-state index is 0.183. The molecule has 2 rings (SSSR count). The molecule has 0 aromatic carbocycles. The summed E-state index contributed by atoms with van der Waals surface area (Å²) >= 11 is 0. The van der Waals surface area contributed by atoms with E-state index in [0.717, 1.165) is 19.6 Å². The Kier molecular flexibility index (Phi) is 3.24. The van der Waals surface area contributed by atoms with Gasteiger partial charge in [0.15, 0.2) is 0 Å². The fourth-order valence-electron chi connectivity index (χ4n) is 2.67. The van der Waals surface area contributed by atoms with E-state index in [9.17, 15) is 4.79 Å². The summed E-state index contributed by atoms with van der Waals surface area (Å²) in [4.78, 5) is 12.0. The molecule has 3 heteroatoms. The van der Waals surface area contributed by atoms with Gasteiger partial charge >= 0.3 is 0 Å². The standard InChI is InChI=1S/C13H24N2O/c1-9(2)13(4-5-13)8-15-12(16)11-7-14-6-10(11)3/h9-11,14H,4-8H2,1-3H3,(H,15,16)/t10-,11-/m1/s1. The van der Waals surface area contributed by atoms with Gasteiger partial charge in [-0.05, 0) is 36.6 Å². The lowest BCUT2D eigenvalue weighted by atomic mass is 9.91. The molecule has 0 spiro atoms. The molecule has 0 aromatic heterocycles. The van der Waals surface area contributed by atoms with E-state index in [0.29, 0.717) is 17.3 Å². The SMILES string of the molecule is CC(C)C1(CNC(=O)[C@@H]2CNC[C@H]2C)CC1. The minimum Gasteiger partial charge on any atom is -0.355 e. The summed E-state index contributed by atoms with van der Waals surface area (Å²) < 4.78 is 0. The van der Waals surface area contributed by atoms with Crippen molar-refractivity contribution in [1.29, 1.82) is 0 Å². The van der Waals surface area contributed by atoms with Crippen molar-refractivity contribution in [3.63, 3.8) is 0 Å². The molecule has 3 nitrogen and oxygen atoms in total. The Labute approximate surface area is 98.4 Å². The van der Waals surface area contributed by atoms with Crippen LogP contribution in [-0.4, -0.2) is 25.5 Å². The molecule has 1 aliphatic carbocycles. The van der Waals surface area contributed by atoms with Gasteiger partial charge in [0, 0.05) is 13.1 Å². The molecule has 92 valence electrons. The zero-order valence-corrected chi connectivity index (χ0v) is 10.7. The van der Waals surface area contributed by atoms with E-state index >= 15 is 0 Å². The largest absolute Gasteiger partial charge is 0.355 e. The van der Waals surface area contributed by atoms with E-state index < -0.39 is 0 Å². The summed E-state index contributed by atoms with van der Waals surface area (Å²) in [5.74, 6) is 1.61. The summed E-state index contributed by atoms with van der Waals surface area (Å²) in [7, 11) is 0. The molecule has 1 heterocycles. The molecule has 2 atom stereocenters. The number of nitrogens with one attached hydrogen (secondary N) is 2. The van der Waals surface area contributed by atoms with Crippen molar-refractivity contribution in [1.82, 2.24) is 10.6 Å². The van der Waals surface area contributed by atoms with Gasteiger partial charge < -0.3 is 10.6 Å². The molecule has 1 saturated heterocycles. The van der Waals surface area contributed by atoms with Crippen LogP contribution in [0.3, 0.4) is 0 Å². The molecular weight excluding hydrogens is 200 g/mol. The zero-order chi connectivity index (χ0) is 11.8. The molecule has 2 fully saturated rings. The van der Waals surface area contributed by atoms with Crippen LogP contribution < -0.4 is 10.6 Å². The maximum atomic E-state index is 12.0. The van der Waals surface area contributed by atoms with Gasteiger partial charge in [-0.3, -0.25) is 4.79 Å². The fourth-order valence-corrected chi connectivity index (χ4v) is 2.67. The van der Waals surface area contributed by atoms with Crippen molar-refractivity contribution in [3.8, 4) is 0 Å². The van der Waals surface area contributed by atoms with Crippen molar-refractivity contribution < 1.29 is 4.79 Å². The predicted octanol–water partition coefficient (Wildman–Crippen LogP) is 1.39. The van der Waals surface area contributed by atoms with Gasteiger partial charge in [-0.1, -0.05) is 20.8 Å². The highest BCUT2D eigenvalue weighted by molar-refractivity contribution is 5.79. The van der Waals surface area contributed by atoms with E-state index in [1.165, 1.54) is 12.8 Å². The van der Waals surface area contributed by atoms with Gasteiger partial charge in [-0.25, -0.2) is 0 Å². The third kappa shape index (κ3) is 2.24. The summed E-state index contributed by atoms with van der Waals surface area (Å²) in [5.41, 5.74) is 0.422. The summed E-state index contributed by atoms with van der Waals surface area (Å²) in [5, 5.41) is 6.44. The first-order valence-electron chi connectivity index (χ1n) is 6.53. The first-order chi connectivity index (χ1) is 7.55. The zero-order valence-electron chi connectivity index (χ0n) is 10.7. The second-order valence-electron chi connectivity index (χ2n) is 5.98. The first kappa shape index (κ1) is 11.9. The smallest absolute Gasteiger partial charge is 0.224 e. The Bertz CT molecular complexity index is 271. The monoisotopic (exact) mass is 224 g/mol. The maximum Gasteiger partial charge on any atom is 0.224 e. The van der Waals surface area contributed by atoms with Gasteiger partial charge in [0.2, 0.25) is 5.91 Å². The lowest BCUT2D eigenvalue weighted by molar-refractivity contribution is -0.125. The van der Waals surface area contributed by atoms with E-state index in [2.05, 4.69) is 31.4 Å². The lowest BCUT2D eigenvalue weighted by Gasteiger charge is -2.22. The second-order valence-corrected chi connectivity index (χ2v) is 5.98. The first-order valence-corrected chi connectivity index (χ1v) is 6.53. The van der Waals surface area contributed by atoms with Crippen LogP contribution in [0.1, 0.15) is 33.6 Å². The average molecular weight is 224 g/mol. The molecule has 2 N–H and O–H groups in total. The Morgan fingerprint density at radius 1 is 1.44 bits per heavy atom. The van der Waals surface area contributed by atoms with Crippen LogP contribution in [0.25, 0.3) is 0 Å².